The summed E-state index contributed by atoms with van der Waals surface area (Å²) < 4.78 is 10.5. The van der Waals surface area contributed by atoms with Gasteiger partial charge in [0.2, 0.25) is 0 Å². The van der Waals surface area contributed by atoms with E-state index in [0.717, 1.165) is 11.1 Å². The molecule has 0 aromatic heterocycles. The monoisotopic (exact) mass is 266 g/mol. The zero-order valence-electron chi connectivity index (χ0n) is 12.2. The van der Waals surface area contributed by atoms with Crippen molar-refractivity contribution >= 4 is 5.97 Å². The number of hydrogen-bond donors (Lipinski definition) is 1. The Kier molecular flexibility index (Phi) is 5.21. The van der Waals surface area contributed by atoms with Gasteiger partial charge in [0.25, 0.3) is 0 Å². The van der Waals surface area contributed by atoms with E-state index < -0.39 is 5.97 Å². The Hall–Kier alpha value is -1.71. The summed E-state index contributed by atoms with van der Waals surface area (Å²) in [4.78, 5) is 11.0. The molecule has 1 aromatic carbocycles. The van der Waals surface area contributed by atoms with E-state index in [0.29, 0.717) is 11.5 Å². The van der Waals surface area contributed by atoms with Gasteiger partial charge in [0.15, 0.2) is 11.5 Å². The van der Waals surface area contributed by atoms with Crippen molar-refractivity contribution in [2.45, 2.75) is 33.1 Å². The van der Waals surface area contributed by atoms with Gasteiger partial charge in [0.1, 0.15) is 0 Å². The number of carboxylic acids is 1. The van der Waals surface area contributed by atoms with Crippen LogP contribution in [-0.2, 0) is 4.79 Å². The van der Waals surface area contributed by atoms with Crippen LogP contribution in [0.15, 0.2) is 12.1 Å². The van der Waals surface area contributed by atoms with E-state index >= 15 is 0 Å². The number of carboxylic acid groups (broad SMARTS) is 1. The molecular formula is C15H22O4. The Bertz CT molecular complexity index is 452. The average molecular weight is 266 g/mol. The van der Waals surface area contributed by atoms with E-state index in [1.807, 2.05) is 32.9 Å². The van der Waals surface area contributed by atoms with Crippen molar-refractivity contribution in [1.29, 1.82) is 0 Å². The van der Waals surface area contributed by atoms with Crippen molar-refractivity contribution in [2.24, 2.45) is 5.92 Å². The van der Waals surface area contributed by atoms with Crippen LogP contribution >= 0.6 is 0 Å². The zero-order chi connectivity index (χ0) is 14.6. The predicted molar refractivity (Wildman–Crippen MR) is 74.1 cm³/mol. The lowest BCUT2D eigenvalue weighted by Gasteiger charge is -2.23. The Morgan fingerprint density at radius 2 is 1.74 bits per heavy atom. The fourth-order valence-electron chi connectivity index (χ4n) is 2.29. The summed E-state index contributed by atoms with van der Waals surface area (Å²) in [5.41, 5.74) is 2.03. The molecule has 0 amide bonds. The number of benzene rings is 1. The van der Waals surface area contributed by atoms with Crippen molar-refractivity contribution in [3.05, 3.63) is 23.3 Å². The molecule has 0 saturated heterocycles. The van der Waals surface area contributed by atoms with E-state index in [1.165, 1.54) is 0 Å². The highest BCUT2D eigenvalue weighted by Crippen LogP contribution is 2.37. The second-order valence-electron chi connectivity index (χ2n) is 5.01. The molecule has 0 saturated carbocycles. The summed E-state index contributed by atoms with van der Waals surface area (Å²) in [5, 5.41) is 9.06. The molecule has 0 radical (unpaired) electrons. The molecule has 1 unspecified atom stereocenters. The van der Waals surface area contributed by atoms with Crippen LogP contribution in [0, 0.1) is 12.8 Å². The van der Waals surface area contributed by atoms with Crippen LogP contribution in [0.2, 0.25) is 0 Å². The van der Waals surface area contributed by atoms with Crippen molar-refractivity contribution in [1.82, 2.24) is 0 Å². The van der Waals surface area contributed by atoms with E-state index in [-0.39, 0.29) is 18.3 Å². The molecule has 1 rings (SSSR count). The molecule has 1 aromatic rings. The van der Waals surface area contributed by atoms with E-state index in [9.17, 15) is 4.79 Å². The molecule has 0 aliphatic carbocycles. The van der Waals surface area contributed by atoms with Crippen LogP contribution in [-0.4, -0.2) is 25.3 Å². The molecule has 0 heterocycles. The number of aryl methyl sites for hydroxylation is 1. The van der Waals surface area contributed by atoms with Gasteiger partial charge in [-0.2, -0.15) is 0 Å². The molecule has 19 heavy (non-hydrogen) atoms. The van der Waals surface area contributed by atoms with Crippen LogP contribution in [0.5, 0.6) is 11.5 Å². The third-order valence-corrected chi connectivity index (χ3v) is 3.37. The van der Waals surface area contributed by atoms with Gasteiger partial charge in [0.05, 0.1) is 20.6 Å². The Morgan fingerprint density at radius 1 is 1.21 bits per heavy atom. The molecule has 0 fully saturated rings. The minimum atomic E-state index is -0.784. The number of rotatable bonds is 6. The van der Waals surface area contributed by atoms with Gasteiger partial charge >= 0.3 is 5.97 Å². The average Bonchev–Trinajstić information content (AvgIpc) is 2.35. The molecule has 1 atom stereocenters. The third-order valence-electron chi connectivity index (χ3n) is 3.37. The molecule has 1 N–H and O–H groups in total. The Balaban J connectivity index is 3.26. The number of ether oxygens (including phenoxy) is 2. The van der Waals surface area contributed by atoms with Crippen LogP contribution in [0.1, 0.15) is 37.3 Å². The van der Waals surface area contributed by atoms with Crippen LogP contribution < -0.4 is 9.47 Å². The SMILES string of the molecule is COc1cc(C)c(C(CC(=O)O)C(C)C)cc1OC. The molecular weight excluding hydrogens is 244 g/mol. The van der Waals surface area contributed by atoms with E-state index in [2.05, 4.69) is 0 Å². The lowest BCUT2D eigenvalue weighted by atomic mass is 9.83. The highest BCUT2D eigenvalue weighted by Gasteiger charge is 2.22. The molecule has 0 spiro atoms. The van der Waals surface area contributed by atoms with Crippen molar-refractivity contribution in [3.63, 3.8) is 0 Å². The first kappa shape index (κ1) is 15.3. The highest BCUT2D eigenvalue weighted by atomic mass is 16.5. The van der Waals surface area contributed by atoms with Gasteiger partial charge in [-0.3, -0.25) is 4.79 Å². The molecule has 106 valence electrons. The fraction of sp³-hybridized carbons (Fsp3) is 0.533. The van der Waals surface area contributed by atoms with Crippen LogP contribution in [0.3, 0.4) is 0 Å². The topological polar surface area (TPSA) is 55.8 Å². The minimum absolute atomic E-state index is 0.0303. The third kappa shape index (κ3) is 3.63. The number of methoxy groups -OCH3 is 2. The lowest BCUT2D eigenvalue weighted by molar-refractivity contribution is -0.137. The molecule has 4 heteroatoms. The van der Waals surface area contributed by atoms with Crippen molar-refractivity contribution < 1.29 is 19.4 Å². The van der Waals surface area contributed by atoms with E-state index in [4.69, 9.17) is 14.6 Å². The summed E-state index contributed by atoms with van der Waals surface area (Å²) in [6.07, 6.45) is 0.119. The summed E-state index contributed by atoms with van der Waals surface area (Å²) in [6, 6.07) is 3.78. The number of hydrogen-bond acceptors (Lipinski definition) is 3. The summed E-state index contributed by atoms with van der Waals surface area (Å²) in [5.74, 6) is 0.735. The predicted octanol–water partition coefficient (Wildman–Crippen LogP) is 3.23. The first-order valence-electron chi connectivity index (χ1n) is 6.35. The molecule has 0 aliphatic heterocycles. The summed E-state index contributed by atoms with van der Waals surface area (Å²) in [6.45, 7) is 6.03. The van der Waals surface area contributed by atoms with Crippen molar-refractivity contribution in [2.75, 3.05) is 14.2 Å². The standard InChI is InChI=1S/C15H22O4/c1-9(2)11(8-15(16)17)12-7-14(19-5)13(18-4)6-10(12)3/h6-7,9,11H,8H2,1-5H3,(H,16,17). The van der Waals surface area contributed by atoms with Gasteiger partial charge < -0.3 is 14.6 Å². The van der Waals surface area contributed by atoms with Gasteiger partial charge in [-0.05, 0) is 42.0 Å². The largest absolute Gasteiger partial charge is 0.493 e. The second-order valence-corrected chi connectivity index (χ2v) is 5.01. The van der Waals surface area contributed by atoms with E-state index in [1.54, 1.807) is 14.2 Å². The van der Waals surface area contributed by atoms with Crippen LogP contribution in [0.4, 0.5) is 0 Å². The van der Waals surface area contributed by atoms with Crippen molar-refractivity contribution in [3.8, 4) is 11.5 Å². The minimum Gasteiger partial charge on any atom is -0.493 e. The smallest absolute Gasteiger partial charge is 0.303 e. The zero-order valence-corrected chi connectivity index (χ0v) is 12.2. The quantitative estimate of drug-likeness (QED) is 0.859. The maximum Gasteiger partial charge on any atom is 0.303 e. The number of aliphatic carboxylic acids is 1. The normalized spacial score (nSPS) is 12.3. The number of carbonyl (C=O) groups is 1. The summed E-state index contributed by atoms with van der Waals surface area (Å²) in [7, 11) is 3.17. The van der Waals surface area contributed by atoms with Crippen LogP contribution in [0.25, 0.3) is 0 Å². The lowest BCUT2D eigenvalue weighted by Crippen LogP contribution is -2.13. The molecule has 0 bridgehead atoms. The Morgan fingerprint density at radius 3 is 2.16 bits per heavy atom. The van der Waals surface area contributed by atoms with Gasteiger partial charge in [-0.1, -0.05) is 13.8 Å². The molecule has 0 aliphatic rings. The van der Waals surface area contributed by atoms with Gasteiger partial charge in [-0.15, -0.1) is 0 Å². The fourth-order valence-corrected chi connectivity index (χ4v) is 2.29. The van der Waals surface area contributed by atoms with Gasteiger partial charge in [0, 0.05) is 0 Å². The maximum absolute atomic E-state index is 11.0. The maximum atomic E-state index is 11.0. The van der Waals surface area contributed by atoms with Gasteiger partial charge in [-0.25, -0.2) is 0 Å². The second kappa shape index (κ2) is 6.45. The first-order chi connectivity index (χ1) is 8.90. The first-order valence-corrected chi connectivity index (χ1v) is 6.35. The Labute approximate surface area is 114 Å². The molecule has 4 nitrogen and oxygen atoms in total. The summed E-state index contributed by atoms with van der Waals surface area (Å²) >= 11 is 0. The highest BCUT2D eigenvalue weighted by molar-refractivity contribution is 5.68.